The molecule has 2 aromatic rings. The summed E-state index contributed by atoms with van der Waals surface area (Å²) in [5, 5.41) is 0. The molecule has 0 unspecified atom stereocenters. The Morgan fingerprint density at radius 3 is 2.42 bits per heavy atom. The molecule has 1 heterocycles. The van der Waals surface area contributed by atoms with E-state index in [0.717, 1.165) is 23.2 Å². The molecule has 0 saturated heterocycles. The zero-order valence-electron chi connectivity index (χ0n) is 12.8. The molecule has 126 valence electrons. The first-order chi connectivity index (χ1) is 11.3. The topological polar surface area (TPSA) is 59.5 Å². The number of alkyl halides is 3. The molecular weight excluding hydrogens is 325 g/mol. The quantitative estimate of drug-likeness (QED) is 0.807. The van der Waals surface area contributed by atoms with Crippen molar-refractivity contribution in [3.63, 3.8) is 0 Å². The number of esters is 1. The van der Waals surface area contributed by atoms with Gasteiger partial charge in [0.25, 0.3) is 5.91 Å². The van der Waals surface area contributed by atoms with Gasteiger partial charge in [0, 0.05) is 13.2 Å². The van der Waals surface area contributed by atoms with Crippen LogP contribution in [0.5, 0.6) is 0 Å². The molecule has 0 aliphatic carbocycles. The van der Waals surface area contributed by atoms with Crippen molar-refractivity contribution in [2.24, 2.45) is 0 Å². The van der Waals surface area contributed by atoms with Gasteiger partial charge in [-0.2, -0.15) is 13.2 Å². The van der Waals surface area contributed by atoms with Crippen molar-refractivity contribution in [3.8, 4) is 0 Å². The number of ether oxygens (including phenoxy) is 1. The first-order valence-electron chi connectivity index (χ1n) is 6.75. The largest absolute Gasteiger partial charge is 0.465 e. The Morgan fingerprint density at radius 1 is 1.12 bits per heavy atom. The Morgan fingerprint density at radius 2 is 1.79 bits per heavy atom. The molecule has 2 rings (SSSR count). The van der Waals surface area contributed by atoms with E-state index < -0.39 is 29.3 Å². The van der Waals surface area contributed by atoms with Gasteiger partial charge in [-0.05, 0) is 24.3 Å². The fraction of sp³-hybridized carbons (Fsp3) is 0.188. The molecule has 0 N–H and O–H groups in total. The van der Waals surface area contributed by atoms with Gasteiger partial charge >= 0.3 is 12.1 Å². The van der Waals surface area contributed by atoms with Crippen molar-refractivity contribution < 1.29 is 27.5 Å². The fourth-order valence-electron chi connectivity index (χ4n) is 2.12. The van der Waals surface area contributed by atoms with Crippen LogP contribution in [0.1, 0.15) is 26.4 Å². The monoisotopic (exact) mass is 338 g/mol. The third-order valence-electron chi connectivity index (χ3n) is 3.29. The van der Waals surface area contributed by atoms with E-state index in [1.54, 1.807) is 12.1 Å². The van der Waals surface area contributed by atoms with Crippen LogP contribution in [0, 0.1) is 0 Å². The van der Waals surface area contributed by atoms with Crippen LogP contribution in [0.15, 0.2) is 42.6 Å². The van der Waals surface area contributed by atoms with Gasteiger partial charge in [-0.15, -0.1) is 0 Å². The minimum absolute atomic E-state index is 0.0559. The Labute approximate surface area is 135 Å². The van der Waals surface area contributed by atoms with Crippen LogP contribution in [0.4, 0.5) is 18.9 Å². The molecular formula is C16H13F3N2O3. The van der Waals surface area contributed by atoms with E-state index in [-0.39, 0.29) is 11.3 Å². The molecule has 1 aromatic carbocycles. The Bertz CT molecular complexity index is 775. The highest BCUT2D eigenvalue weighted by Crippen LogP contribution is 2.32. The zero-order valence-corrected chi connectivity index (χ0v) is 12.8. The maximum Gasteiger partial charge on any atom is 0.418 e. The Kier molecular flexibility index (Phi) is 4.87. The molecule has 1 aromatic heterocycles. The number of hydrogen-bond donors (Lipinski definition) is 0. The second-order valence-electron chi connectivity index (χ2n) is 4.77. The summed E-state index contributed by atoms with van der Waals surface area (Å²) >= 11 is 0. The standard InChI is InChI=1S/C16H13F3N2O3/c1-21(12-8-4-3-6-10(12)15(23)24-2)14(22)13-11(16(17,18)19)7-5-9-20-13/h3-9H,1-2H3. The predicted molar refractivity (Wildman–Crippen MR) is 79.8 cm³/mol. The number of hydrogen-bond acceptors (Lipinski definition) is 4. The maximum absolute atomic E-state index is 13.1. The minimum Gasteiger partial charge on any atom is -0.465 e. The second kappa shape index (κ2) is 6.69. The number of methoxy groups -OCH3 is 1. The maximum atomic E-state index is 13.1. The number of pyridine rings is 1. The van der Waals surface area contributed by atoms with Crippen LogP contribution in [-0.2, 0) is 10.9 Å². The van der Waals surface area contributed by atoms with Crippen LogP contribution in [0.25, 0.3) is 0 Å². The number of carbonyl (C=O) groups excluding carboxylic acids is 2. The van der Waals surface area contributed by atoms with Crippen molar-refractivity contribution in [3.05, 3.63) is 59.4 Å². The molecule has 24 heavy (non-hydrogen) atoms. The lowest BCUT2D eigenvalue weighted by Gasteiger charge is -2.21. The number of halogens is 3. The molecule has 0 fully saturated rings. The highest BCUT2D eigenvalue weighted by Gasteiger charge is 2.37. The third kappa shape index (κ3) is 3.37. The Hall–Kier alpha value is -2.90. The normalized spacial score (nSPS) is 11.0. The first kappa shape index (κ1) is 17.5. The molecule has 0 aliphatic rings. The summed E-state index contributed by atoms with van der Waals surface area (Å²) < 4.78 is 43.8. The van der Waals surface area contributed by atoms with Gasteiger partial charge < -0.3 is 9.64 Å². The average Bonchev–Trinajstić information content (AvgIpc) is 2.59. The van der Waals surface area contributed by atoms with Crippen LogP contribution >= 0.6 is 0 Å². The van der Waals surface area contributed by atoms with E-state index in [4.69, 9.17) is 0 Å². The number of nitrogens with zero attached hydrogens (tertiary/aromatic N) is 2. The van der Waals surface area contributed by atoms with Crippen molar-refractivity contribution in [2.75, 3.05) is 19.1 Å². The van der Waals surface area contributed by atoms with Crippen molar-refractivity contribution in [1.29, 1.82) is 0 Å². The van der Waals surface area contributed by atoms with Gasteiger partial charge in [0.15, 0.2) is 0 Å². The van der Waals surface area contributed by atoms with Crippen LogP contribution < -0.4 is 4.90 Å². The smallest absolute Gasteiger partial charge is 0.418 e. The highest BCUT2D eigenvalue weighted by molar-refractivity contribution is 6.09. The molecule has 0 aliphatic heterocycles. The van der Waals surface area contributed by atoms with Gasteiger partial charge in [-0.3, -0.25) is 9.78 Å². The lowest BCUT2D eigenvalue weighted by Crippen LogP contribution is -2.31. The van der Waals surface area contributed by atoms with Gasteiger partial charge in [0.05, 0.1) is 23.9 Å². The van der Waals surface area contributed by atoms with E-state index in [9.17, 15) is 22.8 Å². The van der Waals surface area contributed by atoms with E-state index >= 15 is 0 Å². The highest BCUT2D eigenvalue weighted by atomic mass is 19.4. The number of para-hydroxylation sites is 1. The zero-order chi connectivity index (χ0) is 17.9. The van der Waals surface area contributed by atoms with Crippen LogP contribution in [-0.4, -0.2) is 31.0 Å². The molecule has 0 saturated carbocycles. The van der Waals surface area contributed by atoms with Gasteiger partial charge in [-0.25, -0.2) is 4.79 Å². The lowest BCUT2D eigenvalue weighted by atomic mass is 10.1. The van der Waals surface area contributed by atoms with Crippen molar-refractivity contribution in [2.45, 2.75) is 6.18 Å². The summed E-state index contributed by atoms with van der Waals surface area (Å²) in [6.45, 7) is 0. The predicted octanol–water partition coefficient (Wildman–Crippen LogP) is 3.16. The van der Waals surface area contributed by atoms with E-state index in [1.165, 1.54) is 26.3 Å². The average molecular weight is 338 g/mol. The summed E-state index contributed by atoms with van der Waals surface area (Å²) in [6.07, 6.45) is -3.62. The SMILES string of the molecule is COC(=O)c1ccccc1N(C)C(=O)c1ncccc1C(F)(F)F. The number of anilines is 1. The van der Waals surface area contributed by atoms with E-state index in [1.807, 2.05) is 0 Å². The molecule has 5 nitrogen and oxygen atoms in total. The summed E-state index contributed by atoms with van der Waals surface area (Å²) in [5.74, 6) is -1.69. The molecule has 0 radical (unpaired) electrons. The van der Waals surface area contributed by atoms with Crippen LogP contribution in [0.3, 0.4) is 0 Å². The molecule has 1 amide bonds. The number of aromatic nitrogens is 1. The van der Waals surface area contributed by atoms with Gasteiger partial charge in [0.2, 0.25) is 0 Å². The molecule has 8 heteroatoms. The molecule has 0 atom stereocenters. The van der Waals surface area contributed by atoms with Crippen LogP contribution in [0.2, 0.25) is 0 Å². The number of amides is 1. The minimum atomic E-state index is -4.72. The summed E-state index contributed by atoms with van der Waals surface area (Å²) in [5.41, 5.74) is -1.71. The van der Waals surface area contributed by atoms with E-state index in [0.29, 0.717) is 0 Å². The van der Waals surface area contributed by atoms with Crippen molar-refractivity contribution >= 4 is 17.6 Å². The summed E-state index contributed by atoms with van der Waals surface area (Å²) in [7, 11) is 2.43. The summed E-state index contributed by atoms with van der Waals surface area (Å²) in [4.78, 5) is 28.7. The fourth-order valence-corrected chi connectivity index (χ4v) is 2.12. The van der Waals surface area contributed by atoms with Gasteiger partial charge in [0.1, 0.15) is 5.69 Å². The second-order valence-corrected chi connectivity index (χ2v) is 4.77. The number of benzene rings is 1. The van der Waals surface area contributed by atoms with Crippen molar-refractivity contribution in [1.82, 2.24) is 4.98 Å². The molecule has 0 bridgehead atoms. The first-order valence-corrected chi connectivity index (χ1v) is 6.75. The number of carbonyl (C=O) groups is 2. The van der Waals surface area contributed by atoms with E-state index in [2.05, 4.69) is 9.72 Å². The number of rotatable bonds is 3. The lowest BCUT2D eigenvalue weighted by molar-refractivity contribution is -0.138. The molecule has 0 spiro atoms. The summed E-state index contributed by atoms with van der Waals surface area (Å²) in [6, 6.07) is 7.82. The Balaban J connectivity index is 2.48. The van der Waals surface area contributed by atoms with Gasteiger partial charge in [-0.1, -0.05) is 12.1 Å². The third-order valence-corrected chi connectivity index (χ3v) is 3.29.